The van der Waals surface area contributed by atoms with E-state index in [0.29, 0.717) is 5.82 Å². The van der Waals surface area contributed by atoms with E-state index in [-0.39, 0.29) is 17.5 Å². The normalized spacial score (nSPS) is 16.3. The van der Waals surface area contributed by atoms with Gasteiger partial charge < -0.3 is 4.74 Å². The molecule has 1 atom stereocenters. The number of hydrogen-bond donors (Lipinski definition) is 1. The molecule has 2 aromatic heterocycles. The summed E-state index contributed by atoms with van der Waals surface area (Å²) in [6.45, 7) is 2.14. The number of fused-ring (bicyclic) bond motifs is 1. The van der Waals surface area contributed by atoms with E-state index in [1.807, 2.05) is 6.92 Å². The van der Waals surface area contributed by atoms with Crippen molar-refractivity contribution in [2.45, 2.75) is 30.9 Å². The summed E-state index contributed by atoms with van der Waals surface area (Å²) in [5.74, 6) is 1.39. The summed E-state index contributed by atoms with van der Waals surface area (Å²) < 4.78 is 35.1. The predicted octanol–water partition coefficient (Wildman–Crippen LogP) is 2.07. The minimum Gasteiger partial charge on any atom is -0.490 e. The zero-order valence-electron chi connectivity index (χ0n) is 14.2. The fraction of sp³-hybridized carbons (Fsp3) is 0.222. The molecule has 26 heavy (non-hydrogen) atoms. The molecule has 3 aromatic rings. The first-order valence-electron chi connectivity index (χ1n) is 8.25. The van der Waals surface area contributed by atoms with Crippen molar-refractivity contribution in [3.05, 3.63) is 66.1 Å². The minimum atomic E-state index is -3.61. The van der Waals surface area contributed by atoms with Crippen LogP contribution < -0.4 is 9.46 Å². The Bertz CT molecular complexity index is 1030. The zero-order chi connectivity index (χ0) is 18.1. The van der Waals surface area contributed by atoms with Gasteiger partial charge in [-0.15, -0.1) is 0 Å². The Morgan fingerprint density at radius 2 is 2.15 bits per heavy atom. The Kier molecular flexibility index (Phi) is 4.21. The predicted molar refractivity (Wildman–Crippen MR) is 95.6 cm³/mol. The Balaban J connectivity index is 1.51. The summed E-state index contributed by atoms with van der Waals surface area (Å²) in [7, 11) is -3.61. The third-order valence-electron chi connectivity index (χ3n) is 4.19. The molecule has 3 heterocycles. The standard InChI is InChI=1S/C18H18N4O3S/c1-13-9-15-11-16(3-4-17(15)25-13)26(23,24)21-12-14-5-7-19-18(10-14)22-8-2-6-20-22/h2-8,10-11,13,21H,9,12H2,1H3. The van der Waals surface area contributed by atoms with Crippen LogP contribution in [0.4, 0.5) is 0 Å². The van der Waals surface area contributed by atoms with Crippen LogP contribution in [-0.2, 0) is 23.0 Å². The highest BCUT2D eigenvalue weighted by Gasteiger charge is 2.22. The first-order chi connectivity index (χ1) is 12.5. The van der Waals surface area contributed by atoms with Crippen LogP contribution in [-0.4, -0.2) is 29.3 Å². The molecule has 0 radical (unpaired) electrons. The number of hydrogen-bond acceptors (Lipinski definition) is 5. The molecule has 134 valence electrons. The first kappa shape index (κ1) is 16.7. The summed E-state index contributed by atoms with van der Waals surface area (Å²) in [5.41, 5.74) is 1.72. The van der Waals surface area contributed by atoms with Gasteiger partial charge in [-0.05, 0) is 54.4 Å². The second kappa shape index (κ2) is 6.54. The Hall–Kier alpha value is -2.71. The van der Waals surface area contributed by atoms with E-state index in [9.17, 15) is 8.42 Å². The molecular formula is C18H18N4O3S. The van der Waals surface area contributed by atoms with Gasteiger partial charge in [0.25, 0.3) is 0 Å². The molecule has 4 rings (SSSR count). The molecule has 8 heteroatoms. The maximum atomic E-state index is 12.6. The molecular weight excluding hydrogens is 352 g/mol. The van der Waals surface area contributed by atoms with Gasteiger partial charge in [-0.3, -0.25) is 0 Å². The van der Waals surface area contributed by atoms with Crippen molar-refractivity contribution in [1.29, 1.82) is 0 Å². The maximum absolute atomic E-state index is 12.6. The Morgan fingerprint density at radius 1 is 1.27 bits per heavy atom. The summed E-state index contributed by atoms with van der Waals surface area (Å²) in [6.07, 6.45) is 5.87. The second-order valence-electron chi connectivity index (χ2n) is 6.20. The van der Waals surface area contributed by atoms with Crippen LogP contribution in [0.5, 0.6) is 5.75 Å². The van der Waals surface area contributed by atoms with Crippen molar-refractivity contribution in [3.63, 3.8) is 0 Å². The van der Waals surface area contributed by atoms with Crippen LogP contribution in [0, 0.1) is 0 Å². The largest absolute Gasteiger partial charge is 0.490 e. The van der Waals surface area contributed by atoms with Crippen molar-refractivity contribution in [1.82, 2.24) is 19.5 Å². The molecule has 1 aromatic carbocycles. The lowest BCUT2D eigenvalue weighted by atomic mass is 10.1. The average molecular weight is 370 g/mol. The lowest BCUT2D eigenvalue weighted by Gasteiger charge is -2.09. The van der Waals surface area contributed by atoms with Gasteiger partial charge in [0, 0.05) is 31.6 Å². The topological polar surface area (TPSA) is 86.1 Å². The molecule has 1 N–H and O–H groups in total. The number of nitrogens with one attached hydrogen (secondary N) is 1. The number of rotatable bonds is 5. The fourth-order valence-corrected chi connectivity index (χ4v) is 4.00. The zero-order valence-corrected chi connectivity index (χ0v) is 15.0. The molecule has 1 aliphatic heterocycles. The van der Waals surface area contributed by atoms with Crippen molar-refractivity contribution >= 4 is 10.0 Å². The number of sulfonamides is 1. The van der Waals surface area contributed by atoms with Gasteiger partial charge in [-0.2, -0.15) is 5.10 Å². The van der Waals surface area contributed by atoms with Crippen molar-refractivity contribution in [3.8, 4) is 11.6 Å². The van der Waals surface area contributed by atoms with Gasteiger partial charge in [0.1, 0.15) is 11.9 Å². The van der Waals surface area contributed by atoms with Crippen LogP contribution in [0.15, 0.2) is 59.9 Å². The molecule has 0 amide bonds. The molecule has 0 bridgehead atoms. The lowest BCUT2D eigenvalue weighted by Crippen LogP contribution is -2.23. The van der Waals surface area contributed by atoms with Gasteiger partial charge in [0.05, 0.1) is 4.90 Å². The molecule has 0 saturated heterocycles. The quantitative estimate of drug-likeness (QED) is 0.743. The van der Waals surface area contributed by atoms with Gasteiger partial charge in [-0.25, -0.2) is 22.8 Å². The van der Waals surface area contributed by atoms with E-state index in [4.69, 9.17) is 4.74 Å². The third kappa shape index (κ3) is 3.33. The minimum absolute atomic E-state index is 0.0773. The van der Waals surface area contributed by atoms with E-state index in [1.54, 1.807) is 59.7 Å². The highest BCUT2D eigenvalue weighted by atomic mass is 32.2. The smallest absolute Gasteiger partial charge is 0.240 e. The molecule has 1 aliphatic rings. The highest BCUT2D eigenvalue weighted by molar-refractivity contribution is 7.89. The van der Waals surface area contributed by atoms with Crippen LogP contribution >= 0.6 is 0 Å². The molecule has 0 spiro atoms. The van der Waals surface area contributed by atoms with Gasteiger partial charge in [0.2, 0.25) is 10.0 Å². The van der Waals surface area contributed by atoms with Gasteiger partial charge >= 0.3 is 0 Å². The number of benzene rings is 1. The number of nitrogens with zero attached hydrogens (tertiary/aromatic N) is 3. The van der Waals surface area contributed by atoms with Crippen molar-refractivity contribution in [2.75, 3.05) is 0 Å². The summed E-state index contributed by atoms with van der Waals surface area (Å²) >= 11 is 0. The SMILES string of the molecule is CC1Cc2cc(S(=O)(=O)NCc3ccnc(-n4cccn4)c3)ccc2O1. The molecule has 1 unspecified atom stereocenters. The van der Waals surface area contributed by atoms with Gasteiger partial charge in [0.15, 0.2) is 5.82 Å². The lowest BCUT2D eigenvalue weighted by molar-refractivity contribution is 0.254. The first-order valence-corrected chi connectivity index (χ1v) is 9.74. The summed E-state index contributed by atoms with van der Waals surface area (Å²) in [6, 6.07) is 10.3. The van der Waals surface area contributed by atoms with Crippen molar-refractivity contribution < 1.29 is 13.2 Å². The van der Waals surface area contributed by atoms with Crippen LogP contribution in [0.25, 0.3) is 5.82 Å². The van der Waals surface area contributed by atoms with Crippen LogP contribution in [0.1, 0.15) is 18.1 Å². The molecule has 0 aliphatic carbocycles. The van der Waals surface area contributed by atoms with Crippen LogP contribution in [0.2, 0.25) is 0 Å². The van der Waals surface area contributed by atoms with Gasteiger partial charge in [-0.1, -0.05) is 0 Å². The summed E-state index contributed by atoms with van der Waals surface area (Å²) in [5, 5.41) is 4.13. The summed E-state index contributed by atoms with van der Waals surface area (Å²) in [4.78, 5) is 4.49. The molecule has 0 saturated carbocycles. The van der Waals surface area contributed by atoms with E-state index in [0.717, 1.165) is 23.3 Å². The van der Waals surface area contributed by atoms with Crippen molar-refractivity contribution in [2.24, 2.45) is 0 Å². The van der Waals surface area contributed by atoms with E-state index in [2.05, 4.69) is 14.8 Å². The van der Waals surface area contributed by atoms with E-state index in [1.165, 1.54) is 0 Å². The van der Waals surface area contributed by atoms with E-state index >= 15 is 0 Å². The molecule has 7 nitrogen and oxygen atoms in total. The average Bonchev–Trinajstić information content (AvgIpc) is 3.28. The fourth-order valence-electron chi connectivity index (χ4n) is 2.93. The van der Waals surface area contributed by atoms with Crippen LogP contribution in [0.3, 0.4) is 0 Å². The Labute approximate surface area is 151 Å². The number of pyridine rings is 1. The number of aromatic nitrogens is 3. The maximum Gasteiger partial charge on any atom is 0.240 e. The Morgan fingerprint density at radius 3 is 2.96 bits per heavy atom. The highest BCUT2D eigenvalue weighted by Crippen LogP contribution is 2.30. The monoisotopic (exact) mass is 370 g/mol. The molecule has 0 fully saturated rings. The second-order valence-corrected chi connectivity index (χ2v) is 7.97. The number of ether oxygens (including phenoxy) is 1. The third-order valence-corrected chi connectivity index (χ3v) is 5.59. The van der Waals surface area contributed by atoms with E-state index < -0.39 is 10.0 Å².